The summed E-state index contributed by atoms with van der Waals surface area (Å²) in [5, 5.41) is 3.41. The van der Waals surface area contributed by atoms with E-state index in [-0.39, 0.29) is 0 Å². The van der Waals surface area contributed by atoms with Crippen LogP contribution in [0.1, 0.15) is 32.3 Å². The Kier molecular flexibility index (Phi) is 7.69. The monoisotopic (exact) mass is 235 g/mol. The van der Waals surface area contributed by atoms with Crippen LogP contribution < -0.4 is 5.32 Å². The van der Waals surface area contributed by atoms with Crippen LogP contribution in [0.2, 0.25) is 0 Å². The van der Waals surface area contributed by atoms with Crippen LogP contribution in [0.5, 0.6) is 0 Å². The highest BCUT2D eigenvalue weighted by Gasteiger charge is 2.01. The Labute approximate surface area is 105 Å². The van der Waals surface area contributed by atoms with Gasteiger partial charge in [-0.2, -0.15) is 0 Å². The molecule has 1 atom stereocenters. The highest BCUT2D eigenvalue weighted by atomic mass is 16.5. The Bertz CT molecular complexity index is 274. The molecule has 0 amide bonds. The Morgan fingerprint density at radius 2 is 2.00 bits per heavy atom. The Morgan fingerprint density at radius 3 is 2.71 bits per heavy atom. The molecule has 2 nitrogen and oxygen atoms in total. The molecule has 2 heteroatoms. The summed E-state index contributed by atoms with van der Waals surface area (Å²) in [6, 6.07) is 10.5. The lowest BCUT2D eigenvalue weighted by Gasteiger charge is -2.13. The van der Waals surface area contributed by atoms with Gasteiger partial charge < -0.3 is 10.1 Å². The number of unbranched alkanes of at least 4 members (excludes halogenated alkanes) is 1. The molecular weight excluding hydrogens is 210 g/mol. The van der Waals surface area contributed by atoms with E-state index < -0.39 is 0 Å². The van der Waals surface area contributed by atoms with E-state index in [0.717, 1.165) is 26.1 Å². The smallest absolute Gasteiger partial charge is 0.0671 e. The van der Waals surface area contributed by atoms with E-state index in [1.165, 1.54) is 18.4 Å². The molecule has 1 N–H and O–H groups in total. The fourth-order valence-corrected chi connectivity index (χ4v) is 1.69. The van der Waals surface area contributed by atoms with E-state index in [4.69, 9.17) is 4.74 Å². The van der Waals surface area contributed by atoms with Crippen LogP contribution in [-0.2, 0) is 11.2 Å². The van der Waals surface area contributed by atoms with Crippen molar-refractivity contribution in [1.29, 1.82) is 0 Å². The molecule has 0 aliphatic rings. The van der Waals surface area contributed by atoms with Crippen LogP contribution in [0, 0.1) is 0 Å². The summed E-state index contributed by atoms with van der Waals surface area (Å²) in [6.45, 7) is 7.20. The minimum atomic E-state index is 0.301. The van der Waals surface area contributed by atoms with Gasteiger partial charge in [-0.15, -0.1) is 0 Å². The first-order chi connectivity index (χ1) is 8.33. The first-order valence-electron chi connectivity index (χ1n) is 6.69. The average Bonchev–Trinajstić information content (AvgIpc) is 2.36. The van der Waals surface area contributed by atoms with Crippen molar-refractivity contribution in [2.45, 2.75) is 39.2 Å². The molecule has 96 valence electrons. The lowest BCUT2D eigenvalue weighted by atomic mass is 10.2. The normalized spacial score (nSPS) is 12.6. The summed E-state index contributed by atoms with van der Waals surface area (Å²) in [5.41, 5.74) is 1.35. The maximum Gasteiger partial charge on any atom is 0.0671 e. The number of ether oxygens (including phenoxy) is 1. The maximum atomic E-state index is 5.76. The van der Waals surface area contributed by atoms with Crippen LogP contribution in [0.4, 0.5) is 0 Å². The number of nitrogens with one attached hydrogen (secondary N) is 1. The quantitative estimate of drug-likeness (QED) is 0.664. The van der Waals surface area contributed by atoms with Gasteiger partial charge in [0.05, 0.1) is 12.7 Å². The van der Waals surface area contributed by atoms with Crippen molar-refractivity contribution in [3.05, 3.63) is 35.9 Å². The molecule has 0 fully saturated rings. The first-order valence-corrected chi connectivity index (χ1v) is 6.69. The van der Waals surface area contributed by atoms with Gasteiger partial charge in [-0.05, 0) is 31.9 Å². The van der Waals surface area contributed by atoms with Gasteiger partial charge in [0.2, 0.25) is 0 Å². The SMILES string of the molecule is CCCCNCC(C)OCCc1ccccc1. The third-order valence-electron chi connectivity index (χ3n) is 2.77. The summed E-state index contributed by atoms with van der Waals surface area (Å²) in [4.78, 5) is 0. The average molecular weight is 235 g/mol. The molecule has 0 heterocycles. The summed E-state index contributed by atoms with van der Waals surface area (Å²) in [7, 11) is 0. The van der Waals surface area contributed by atoms with Crippen molar-refractivity contribution in [2.24, 2.45) is 0 Å². The van der Waals surface area contributed by atoms with E-state index >= 15 is 0 Å². The van der Waals surface area contributed by atoms with Crippen molar-refractivity contribution in [3.8, 4) is 0 Å². The lowest BCUT2D eigenvalue weighted by Crippen LogP contribution is -2.28. The van der Waals surface area contributed by atoms with Crippen LogP contribution in [0.15, 0.2) is 30.3 Å². The largest absolute Gasteiger partial charge is 0.377 e. The zero-order valence-electron chi connectivity index (χ0n) is 11.1. The van der Waals surface area contributed by atoms with Crippen molar-refractivity contribution < 1.29 is 4.74 Å². The third-order valence-corrected chi connectivity index (χ3v) is 2.77. The van der Waals surface area contributed by atoms with Gasteiger partial charge in [0.15, 0.2) is 0 Å². The molecule has 1 unspecified atom stereocenters. The zero-order valence-corrected chi connectivity index (χ0v) is 11.1. The summed E-state index contributed by atoms with van der Waals surface area (Å²) in [6.07, 6.45) is 3.79. The minimum absolute atomic E-state index is 0.301. The van der Waals surface area contributed by atoms with Crippen molar-refractivity contribution >= 4 is 0 Å². The highest BCUT2D eigenvalue weighted by Crippen LogP contribution is 2.00. The molecule has 0 spiro atoms. The lowest BCUT2D eigenvalue weighted by molar-refractivity contribution is 0.0683. The molecule has 0 bridgehead atoms. The molecule has 17 heavy (non-hydrogen) atoms. The number of hydrogen-bond donors (Lipinski definition) is 1. The predicted molar refractivity (Wildman–Crippen MR) is 73.3 cm³/mol. The molecular formula is C15H25NO. The Morgan fingerprint density at radius 1 is 1.24 bits per heavy atom. The van der Waals surface area contributed by atoms with Crippen LogP contribution in [0.25, 0.3) is 0 Å². The third kappa shape index (κ3) is 7.14. The molecule has 1 rings (SSSR count). The maximum absolute atomic E-state index is 5.76. The van der Waals surface area contributed by atoms with E-state index in [2.05, 4.69) is 43.4 Å². The molecule has 0 aliphatic heterocycles. The topological polar surface area (TPSA) is 21.3 Å². The van der Waals surface area contributed by atoms with E-state index in [1.807, 2.05) is 6.07 Å². The molecule has 0 aliphatic carbocycles. The number of hydrogen-bond acceptors (Lipinski definition) is 2. The minimum Gasteiger partial charge on any atom is -0.377 e. The molecule has 0 saturated heterocycles. The van der Waals surface area contributed by atoms with Gasteiger partial charge >= 0.3 is 0 Å². The fourth-order valence-electron chi connectivity index (χ4n) is 1.69. The number of benzene rings is 1. The van der Waals surface area contributed by atoms with Crippen molar-refractivity contribution in [2.75, 3.05) is 19.7 Å². The second kappa shape index (κ2) is 9.20. The van der Waals surface area contributed by atoms with Crippen LogP contribution in [-0.4, -0.2) is 25.8 Å². The summed E-state index contributed by atoms with van der Waals surface area (Å²) in [5.74, 6) is 0. The predicted octanol–water partition coefficient (Wildman–Crippen LogP) is 3.02. The van der Waals surface area contributed by atoms with E-state index in [9.17, 15) is 0 Å². The van der Waals surface area contributed by atoms with E-state index in [0.29, 0.717) is 6.10 Å². The van der Waals surface area contributed by atoms with Gasteiger partial charge in [-0.1, -0.05) is 43.7 Å². The van der Waals surface area contributed by atoms with Gasteiger partial charge in [0, 0.05) is 6.54 Å². The highest BCUT2D eigenvalue weighted by molar-refractivity contribution is 5.14. The van der Waals surface area contributed by atoms with Crippen LogP contribution in [0.3, 0.4) is 0 Å². The Hall–Kier alpha value is -0.860. The molecule has 1 aromatic carbocycles. The summed E-state index contributed by atoms with van der Waals surface area (Å²) >= 11 is 0. The molecule has 1 aromatic rings. The second-order valence-corrected chi connectivity index (χ2v) is 4.47. The second-order valence-electron chi connectivity index (χ2n) is 4.47. The fraction of sp³-hybridized carbons (Fsp3) is 0.600. The van der Waals surface area contributed by atoms with E-state index in [1.54, 1.807) is 0 Å². The molecule has 0 aromatic heterocycles. The zero-order chi connectivity index (χ0) is 12.3. The molecule has 0 saturated carbocycles. The van der Waals surface area contributed by atoms with Gasteiger partial charge in [-0.25, -0.2) is 0 Å². The van der Waals surface area contributed by atoms with Crippen molar-refractivity contribution in [1.82, 2.24) is 5.32 Å². The molecule has 0 radical (unpaired) electrons. The standard InChI is InChI=1S/C15H25NO/c1-3-4-11-16-13-14(2)17-12-10-15-8-6-5-7-9-15/h5-9,14,16H,3-4,10-13H2,1-2H3. The Balaban J connectivity index is 2.02. The van der Waals surface area contributed by atoms with Crippen molar-refractivity contribution in [3.63, 3.8) is 0 Å². The van der Waals surface area contributed by atoms with Gasteiger partial charge in [0.25, 0.3) is 0 Å². The van der Waals surface area contributed by atoms with Crippen LogP contribution >= 0.6 is 0 Å². The number of rotatable bonds is 9. The van der Waals surface area contributed by atoms with Gasteiger partial charge in [-0.3, -0.25) is 0 Å². The summed E-state index contributed by atoms with van der Waals surface area (Å²) < 4.78 is 5.76. The first kappa shape index (κ1) is 14.2. The van der Waals surface area contributed by atoms with Gasteiger partial charge in [0.1, 0.15) is 0 Å².